The highest BCUT2D eigenvalue weighted by atomic mass is 35.5. The highest BCUT2D eigenvalue weighted by Crippen LogP contribution is 2.34. The van der Waals surface area contributed by atoms with Crippen molar-refractivity contribution in [3.05, 3.63) is 56.5 Å². The van der Waals surface area contributed by atoms with Crippen molar-refractivity contribution in [1.82, 2.24) is 5.32 Å². The molecule has 1 N–H and O–H groups in total. The lowest BCUT2D eigenvalue weighted by atomic mass is 10.2. The molecule has 0 aromatic heterocycles. The Kier molecular flexibility index (Phi) is 7.50. The number of methoxy groups -OCH3 is 1. The predicted octanol–water partition coefficient (Wildman–Crippen LogP) is 5.50. The van der Waals surface area contributed by atoms with E-state index >= 15 is 0 Å². The van der Waals surface area contributed by atoms with Crippen molar-refractivity contribution in [1.29, 1.82) is 0 Å². The molecule has 0 bridgehead atoms. The molecule has 0 radical (unpaired) electrons. The van der Waals surface area contributed by atoms with E-state index in [1.807, 2.05) is 12.1 Å². The molecule has 2 aromatic carbocycles. The Morgan fingerprint density at radius 2 is 1.89 bits per heavy atom. The Bertz CT molecular complexity index is 779. The summed E-state index contributed by atoms with van der Waals surface area (Å²) in [6.07, 6.45) is 2.52. The maximum Gasteiger partial charge on any atom is 0.163 e. The van der Waals surface area contributed by atoms with Crippen LogP contribution in [0.2, 0.25) is 15.1 Å². The van der Waals surface area contributed by atoms with Crippen molar-refractivity contribution in [2.75, 3.05) is 20.3 Å². The van der Waals surface area contributed by atoms with Crippen LogP contribution in [-0.4, -0.2) is 26.4 Å². The second-order valence-corrected chi connectivity index (χ2v) is 7.64. The average molecular weight is 431 g/mol. The molecule has 1 unspecified atom stereocenters. The van der Waals surface area contributed by atoms with E-state index in [0.29, 0.717) is 39.7 Å². The molecule has 1 fully saturated rings. The summed E-state index contributed by atoms with van der Waals surface area (Å²) in [7, 11) is 1.61. The Labute approximate surface area is 174 Å². The molecule has 7 heteroatoms. The lowest BCUT2D eigenvalue weighted by Gasteiger charge is -2.16. The molecule has 1 saturated heterocycles. The largest absolute Gasteiger partial charge is 0.493 e. The van der Waals surface area contributed by atoms with Gasteiger partial charge in [0.1, 0.15) is 6.61 Å². The summed E-state index contributed by atoms with van der Waals surface area (Å²) < 4.78 is 17.0. The van der Waals surface area contributed by atoms with Gasteiger partial charge in [-0.2, -0.15) is 0 Å². The van der Waals surface area contributed by atoms with Gasteiger partial charge in [-0.05, 0) is 36.6 Å². The van der Waals surface area contributed by atoms with Gasteiger partial charge < -0.3 is 19.5 Å². The van der Waals surface area contributed by atoms with E-state index in [1.54, 1.807) is 25.3 Å². The number of benzene rings is 2. The van der Waals surface area contributed by atoms with E-state index in [-0.39, 0.29) is 6.10 Å². The van der Waals surface area contributed by atoms with Gasteiger partial charge in [-0.3, -0.25) is 0 Å². The first kappa shape index (κ1) is 20.6. The van der Waals surface area contributed by atoms with Crippen molar-refractivity contribution in [2.24, 2.45) is 0 Å². The van der Waals surface area contributed by atoms with Crippen LogP contribution in [0.5, 0.6) is 11.5 Å². The summed E-state index contributed by atoms with van der Waals surface area (Å²) in [6, 6.07) is 8.97. The quantitative estimate of drug-likeness (QED) is 0.600. The number of ether oxygens (including phenoxy) is 3. The Balaban J connectivity index is 1.63. The second kappa shape index (κ2) is 9.85. The van der Waals surface area contributed by atoms with Crippen LogP contribution in [0, 0.1) is 0 Å². The molecule has 27 heavy (non-hydrogen) atoms. The maximum absolute atomic E-state index is 6.44. The molecule has 1 aliphatic rings. The topological polar surface area (TPSA) is 39.7 Å². The summed E-state index contributed by atoms with van der Waals surface area (Å²) in [4.78, 5) is 0. The summed E-state index contributed by atoms with van der Waals surface area (Å²) >= 11 is 18.6. The fourth-order valence-corrected chi connectivity index (χ4v) is 3.64. The number of nitrogens with one attached hydrogen (secondary N) is 1. The van der Waals surface area contributed by atoms with Gasteiger partial charge in [0.25, 0.3) is 0 Å². The van der Waals surface area contributed by atoms with E-state index in [1.165, 1.54) is 0 Å². The molecule has 1 aliphatic heterocycles. The molecule has 3 rings (SSSR count). The second-order valence-electron chi connectivity index (χ2n) is 6.38. The molecular formula is C20H22Cl3NO3. The third-order valence-corrected chi connectivity index (χ3v) is 5.38. The Hall–Kier alpha value is -1.17. The predicted molar refractivity (Wildman–Crippen MR) is 109 cm³/mol. The summed E-state index contributed by atoms with van der Waals surface area (Å²) in [5.41, 5.74) is 1.78. The van der Waals surface area contributed by atoms with Gasteiger partial charge in [0.15, 0.2) is 11.5 Å². The zero-order valence-electron chi connectivity index (χ0n) is 15.1. The van der Waals surface area contributed by atoms with E-state index in [4.69, 9.17) is 49.0 Å². The fourth-order valence-electron chi connectivity index (χ4n) is 2.95. The minimum atomic E-state index is 0.289. The van der Waals surface area contributed by atoms with Gasteiger partial charge in [-0.25, -0.2) is 0 Å². The summed E-state index contributed by atoms with van der Waals surface area (Å²) in [5, 5.41) is 5.15. The zero-order chi connectivity index (χ0) is 19.2. The van der Waals surface area contributed by atoms with Gasteiger partial charge in [0.05, 0.1) is 13.2 Å². The van der Waals surface area contributed by atoms with Gasteiger partial charge >= 0.3 is 0 Å². The molecule has 2 aromatic rings. The van der Waals surface area contributed by atoms with Gasteiger partial charge in [-0.15, -0.1) is 0 Å². The molecular weight excluding hydrogens is 409 g/mol. The monoisotopic (exact) mass is 429 g/mol. The summed E-state index contributed by atoms with van der Waals surface area (Å²) in [6.45, 7) is 2.59. The molecule has 0 spiro atoms. The van der Waals surface area contributed by atoms with Crippen LogP contribution < -0.4 is 14.8 Å². The first-order chi connectivity index (χ1) is 13.1. The minimum Gasteiger partial charge on any atom is -0.493 e. The number of halogens is 3. The Morgan fingerprint density at radius 1 is 1.07 bits per heavy atom. The van der Waals surface area contributed by atoms with Crippen LogP contribution in [-0.2, 0) is 17.9 Å². The third kappa shape index (κ3) is 5.66. The van der Waals surface area contributed by atoms with Crippen LogP contribution in [0.3, 0.4) is 0 Å². The van der Waals surface area contributed by atoms with Crippen molar-refractivity contribution in [2.45, 2.75) is 32.1 Å². The highest BCUT2D eigenvalue weighted by Gasteiger charge is 2.16. The molecule has 1 atom stereocenters. The lowest BCUT2D eigenvalue weighted by Crippen LogP contribution is -2.25. The lowest BCUT2D eigenvalue weighted by molar-refractivity contribution is 0.110. The van der Waals surface area contributed by atoms with Crippen molar-refractivity contribution in [3.8, 4) is 11.5 Å². The zero-order valence-corrected chi connectivity index (χ0v) is 17.3. The van der Waals surface area contributed by atoms with E-state index in [9.17, 15) is 0 Å². The Morgan fingerprint density at radius 3 is 2.59 bits per heavy atom. The fraction of sp³-hybridized carbons (Fsp3) is 0.400. The van der Waals surface area contributed by atoms with Crippen LogP contribution in [0.4, 0.5) is 0 Å². The maximum atomic E-state index is 6.44. The molecule has 0 amide bonds. The standard InChI is InChI=1S/C20H22Cl3NO3/c1-25-19-7-14(10-24-11-16-3-2-6-26-16)18(23)9-20(19)27-12-13-4-5-15(21)8-17(13)22/h4-5,7-9,16,24H,2-3,6,10-12H2,1H3. The van der Waals surface area contributed by atoms with Crippen molar-refractivity contribution < 1.29 is 14.2 Å². The SMILES string of the molecule is COc1cc(CNCC2CCCO2)c(Cl)cc1OCc1ccc(Cl)cc1Cl. The van der Waals surface area contributed by atoms with Gasteiger partial charge in [0, 0.05) is 46.4 Å². The van der Waals surface area contributed by atoms with Gasteiger partial charge in [-0.1, -0.05) is 40.9 Å². The van der Waals surface area contributed by atoms with Gasteiger partial charge in [0.2, 0.25) is 0 Å². The average Bonchev–Trinajstić information content (AvgIpc) is 3.16. The van der Waals surface area contributed by atoms with E-state index in [0.717, 1.165) is 37.1 Å². The molecule has 4 nitrogen and oxygen atoms in total. The van der Waals surface area contributed by atoms with Crippen LogP contribution in [0.15, 0.2) is 30.3 Å². The number of hydrogen-bond donors (Lipinski definition) is 1. The first-order valence-electron chi connectivity index (χ1n) is 8.82. The third-order valence-electron chi connectivity index (χ3n) is 4.44. The number of rotatable bonds is 8. The normalized spacial score (nSPS) is 16.5. The number of hydrogen-bond acceptors (Lipinski definition) is 4. The molecule has 0 saturated carbocycles. The van der Waals surface area contributed by atoms with Crippen LogP contribution >= 0.6 is 34.8 Å². The van der Waals surface area contributed by atoms with E-state index < -0.39 is 0 Å². The smallest absolute Gasteiger partial charge is 0.163 e. The van der Waals surface area contributed by atoms with Crippen LogP contribution in [0.1, 0.15) is 24.0 Å². The molecule has 0 aliphatic carbocycles. The van der Waals surface area contributed by atoms with Crippen molar-refractivity contribution in [3.63, 3.8) is 0 Å². The van der Waals surface area contributed by atoms with E-state index in [2.05, 4.69) is 5.32 Å². The highest BCUT2D eigenvalue weighted by molar-refractivity contribution is 6.35. The minimum absolute atomic E-state index is 0.289. The van der Waals surface area contributed by atoms with Crippen LogP contribution in [0.25, 0.3) is 0 Å². The molecule has 146 valence electrons. The summed E-state index contributed by atoms with van der Waals surface area (Å²) in [5.74, 6) is 1.19. The first-order valence-corrected chi connectivity index (χ1v) is 9.95. The van der Waals surface area contributed by atoms with Crippen molar-refractivity contribution >= 4 is 34.8 Å². The molecule has 1 heterocycles.